The molecule has 168 valence electrons. The Kier molecular flexibility index (Phi) is 5.95. The first-order valence-electron chi connectivity index (χ1n) is 10.7. The van der Waals surface area contributed by atoms with Crippen LogP contribution in [0.5, 0.6) is 0 Å². The van der Waals surface area contributed by atoms with Crippen LogP contribution in [0, 0.1) is 12.7 Å². The number of aromatic nitrogens is 4. The summed E-state index contributed by atoms with van der Waals surface area (Å²) in [5.41, 5.74) is 4.01. The highest BCUT2D eigenvalue weighted by Crippen LogP contribution is 2.33. The molecule has 1 aliphatic rings. The van der Waals surface area contributed by atoms with Crippen molar-refractivity contribution in [1.82, 2.24) is 19.9 Å². The number of benzene rings is 1. The maximum atomic E-state index is 13.2. The van der Waals surface area contributed by atoms with Gasteiger partial charge in [-0.1, -0.05) is 12.1 Å². The van der Waals surface area contributed by atoms with Crippen molar-refractivity contribution < 1.29 is 13.5 Å². The van der Waals surface area contributed by atoms with Gasteiger partial charge in [0.1, 0.15) is 11.6 Å². The molecule has 4 heterocycles. The largest absolute Gasteiger partial charge is 0.469 e. The number of hydrogen-bond acceptors (Lipinski definition) is 8. The minimum absolute atomic E-state index is 0.265. The van der Waals surface area contributed by atoms with Crippen LogP contribution in [0.4, 0.5) is 16.3 Å². The van der Waals surface area contributed by atoms with Crippen molar-refractivity contribution in [3.8, 4) is 22.5 Å². The summed E-state index contributed by atoms with van der Waals surface area (Å²) in [4.78, 5) is 20.6. The Morgan fingerprint density at radius 1 is 1.00 bits per heavy atom. The Balaban J connectivity index is 1.48. The fourth-order valence-corrected chi connectivity index (χ4v) is 3.69. The number of nitrogens with zero attached hydrogens (tertiary/aromatic N) is 5. The fraction of sp³-hybridized carbons (Fsp3) is 0.250. The zero-order valence-corrected chi connectivity index (χ0v) is 18.2. The molecule has 4 aromatic rings. The molecule has 1 aromatic carbocycles. The average molecular weight is 446 g/mol. The third-order valence-electron chi connectivity index (χ3n) is 5.48. The molecule has 33 heavy (non-hydrogen) atoms. The molecule has 9 heteroatoms. The predicted molar refractivity (Wildman–Crippen MR) is 122 cm³/mol. The highest BCUT2D eigenvalue weighted by molar-refractivity contribution is 5.80. The van der Waals surface area contributed by atoms with Crippen molar-refractivity contribution >= 4 is 11.9 Å². The number of ether oxygens (including phenoxy) is 1. The topological polar surface area (TPSA) is 89.2 Å². The fourth-order valence-electron chi connectivity index (χ4n) is 3.69. The van der Waals surface area contributed by atoms with Gasteiger partial charge in [-0.05, 0) is 36.8 Å². The normalized spacial score (nSPS) is 13.8. The average Bonchev–Trinajstić information content (AvgIpc) is 3.30. The molecule has 1 aliphatic heterocycles. The molecular formula is C24H23FN6O2. The van der Waals surface area contributed by atoms with E-state index in [0.717, 1.165) is 41.2 Å². The molecule has 0 amide bonds. The lowest BCUT2D eigenvalue weighted by molar-refractivity contribution is 0.122. The molecule has 1 fully saturated rings. The predicted octanol–water partition coefficient (Wildman–Crippen LogP) is 4.09. The van der Waals surface area contributed by atoms with Crippen LogP contribution >= 0.6 is 0 Å². The van der Waals surface area contributed by atoms with Crippen LogP contribution in [0.15, 0.2) is 59.5 Å². The summed E-state index contributed by atoms with van der Waals surface area (Å²) < 4.78 is 24.2. The molecule has 5 rings (SSSR count). The van der Waals surface area contributed by atoms with Gasteiger partial charge in [0.15, 0.2) is 0 Å². The SMILES string of the molecule is Cc1occc1-c1nc(NCc2ccc(F)cc2)ncc1-c1ccnc(N2CCOCC2)n1. The summed E-state index contributed by atoms with van der Waals surface area (Å²) >= 11 is 0. The number of anilines is 2. The second kappa shape index (κ2) is 9.33. The lowest BCUT2D eigenvalue weighted by Gasteiger charge is -2.26. The van der Waals surface area contributed by atoms with Crippen molar-refractivity contribution in [2.45, 2.75) is 13.5 Å². The van der Waals surface area contributed by atoms with Gasteiger partial charge in [0.2, 0.25) is 11.9 Å². The van der Waals surface area contributed by atoms with Crippen LogP contribution in [-0.2, 0) is 11.3 Å². The minimum Gasteiger partial charge on any atom is -0.469 e. The number of furan rings is 1. The van der Waals surface area contributed by atoms with E-state index in [9.17, 15) is 4.39 Å². The summed E-state index contributed by atoms with van der Waals surface area (Å²) in [5, 5.41) is 3.21. The summed E-state index contributed by atoms with van der Waals surface area (Å²) in [7, 11) is 0. The van der Waals surface area contributed by atoms with Crippen LogP contribution in [0.2, 0.25) is 0 Å². The summed E-state index contributed by atoms with van der Waals surface area (Å²) in [5.74, 6) is 1.60. The van der Waals surface area contributed by atoms with E-state index in [0.29, 0.717) is 37.3 Å². The molecular weight excluding hydrogens is 423 g/mol. The second-order valence-electron chi connectivity index (χ2n) is 7.67. The third kappa shape index (κ3) is 4.68. The van der Waals surface area contributed by atoms with Crippen molar-refractivity contribution in [2.24, 2.45) is 0 Å². The smallest absolute Gasteiger partial charge is 0.226 e. The zero-order valence-electron chi connectivity index (χ0n) is 18.2. The highest BCUT2D eigenvalue weighted by Gasteiger charge is 2.19. The first-order chi connectivity index (χ1) is 16.2. The lowest BCUT2D eigenvalue weighted by atomic mass is 10.1. The Labute approximate surface area is 190 Å². The minimum atomic E-state index is -0.265. The Hall–Kier alpha value is -3.85. The number of nitrogens with one attached hydrogen (secondary N) is 1. The lowest BCUT2D eigenvalue weighted by Crippen LogP contribution is -2.37. The van der Waals surface area contributed by atoms with Crippen molar-refractivity contribution in [3.63, 3.8) is 0 Å². The van der Waals surface area contributed by atoms with E-state index in [1.54, 1.807) is 30.8 Å². The molecule has 0 saturated carbocycles. The monoisotopic (exact) mass is 446 g/mol. The van der Waals surface area contributed by atoms with Crippen LogP contribution < -0.4 is 10.2 Å². The summed E-state index contributed by atoms with van der Waals surface area (Å²) in [6, 6.07) is 10.1. The molecule has 1 saturated heterocycles. The number of morpholine rings is 1. The summed E-state index contributed by atoms with van der Waals surface area (Å²) in [6.45, 7) is 5.18. The maximum Gasteiger partial charge on any atom is 0.226 e. The van der Waals surface area contributed by atoms with E-state index in [1.807, 2.05) is 19.1 Å². The molecule has 0 radical (unpaired) electrons. The maximum absolute atomic E-state index is 13.2. The van der Waals surface area contributed by atoms with E-state index in [4.69, 9.17) is 19.1 Å². The molecule has 1 N–H and O–H groups in total. The van der Waals surface area contributed by atoms with Gasteiger partial charge in [-0.3, -0.25) is 0 Å². The molecule has 0 unspecified atom stereocenters. The Morgan fingerprint density at radius 3 is 2.58 bits per heavy atom. The van der Waals surface area contributed by atoms with Gasteiger partial charge >= 0.3 is 0 Å². The third-order valence-corrected chi connectivity index (χ3v) is 5.48. The standard InChI is InChI=1S/C24H23FN6O2/c1-16-19(7-11-33-16)22-20(21-6-8-26-24(29-21)31-9-12-32-13-10-31)15-28-23(30-22)27-14-17-2-4-18(25)5-3-17/h2-8,11,15H,9-10,12-14H2,1H3,(H,27,28,30). The number of halogens is 1. The van der Waals surface area contributed by atoms with E-state index >= 15 is 0 Å². The molecule has 0 aliphatic carbocycles. The molecule has 0 spiro atoms. The van der Waals surface area contributed by atoms with E-state index < -0.39 is 0 Å². The molecule has 8 nitrogen and oxygen atoms in total. The van der Waals surface area contributed by atoms with Gasteiger partial charge in [-0.25, -0.2) is 24.3 Å². The highest BCUT2D eigenvalue weighted by atomic mass is 19.1. The first kappa shape index (κ1) is 21.0. The van der Waals surface area contributed by atoms with Crippen LogP contribution in [-0.4, -0.2) is 46.2 Å². The quantitative estimate of drug-likeness (QED) is 0.474. The van der Waals surface area contributed by atoms with E-state index in [1.165, 1.54) is 12.1 Å². The van der Waals surface area contributed by atoms with Crippen LogP contribution in [0.3, 0.4) is 0 Å². The van der Waals surface area contributed by atoms with Gasteiger partial charge < -0.3 is 19.4 Å². The van der Waals surface area contributed by atoms with Gasteiger partial charge in [0, 0.05) is 43.2 Å². The van der Waals surface area contributed by atoms with Crippen molar-refractivity contribution in [2.75, 3.05) is 36.5 Å². The van der Waals surface area contributed by atoms with Gasteiger partial charge in [0.25, 0.3) is 0 Å². The van der Waals surface area contributed by atoms with Gasteiger partial charge in [-0.15, -0.1) is 0 Å². The Bertz CT molecular complexity index is 1240. The molecule has 0 bridgehead atoms. The Morgan fingerprint density at radius 2 is 1.82 bits per heavy atom. The van der Waals surface area contributed by atoms with Crippen LogP contribution in [0.1, 0.15) is 11.3 Å². The second-order valence-corrected chi connectivity index (χ2v) is 7.67. The zero-order chi connectivity index (χ0) is 22.6. The number of hydrogen-bond donors (Lipinski definition) is 1. The van der Waals surface area contributed by atoms with E-state index in [2.05, 4.69) is 20.2 Å². The molecule has 0 atom stereocenters. The van der Waals surface area contributed by atoms with Gasteiger partial charge in [0.05, 0.1) is 30.9 Å². The van der Waals surface area contributed by atoms with Gasteiger partial charge in [-0.2, -0.15) is 0 Å². The summed E-state index contributed by atoms with van der Waals surface area (Å²) in [6.07, 6.45) is 5.15. The van der Waals surface area contributed by atoms with E-state index in [-0.39, 0.29) is 5.82 Å². The number of rotatable bonds is 6. The first-order valence-corrected chi connectivity index (χ1v) is 10.7. The van der Waals surface area contributed by atoms with Crippen molar-refractivity contribution in [1.29, 1.82) is 0 Å². The van der Waals surface area contributed by atoms with Crippen LogP contribution in [0.25, 0.3) is 22.5 Å². The molecule has 3 aromatic heterocycles. The van der Waals surface area contributed by atoms with Crippen molar-refractivity contribution in [3.05, 3.63) is 72.2 Å². The number of aryl methyl sites for hydroxylation is 1.